The van der Waals surface area contributed by atoms with Gasteiger partial charge in [0, 0.05) is 10.6 Å². The standard InChI is InChI=1S/C19H20Cl2N2O5/c1-4-27-16-7-5-12(9-17(16)26-3)19(25)23-22-18(24)11(2)28-15-8-6-13(20)10-14(15)21/h5-11H,4H2,1-3H3,(H,22,24)(H,23,25). The van der Waals surface area contributed by atoms with Gasteiger partial charge in [0.2, 0.25) is 0 Å². The molecule has 2 N–H and O–H groups in total. The molecule has 0 fully saturated rings. The molecule has 9 heteroatoms. The molecule has 0 aliphatic rings. The topological polar surface area (TPSA) is 85.9 Å². The van der Waals surface area contributed by atoms with Crippen molar-refractivity contribution < 1.29 is 23.8 Å². The smallest absolute Gasteiger partial charge is 0.279 e. The summed E-state index contributed by atoms with van der Waals surface area (Å²) >= 11 is 11.8. The summed E-state index contributed by atoms with van der Waals surface area (Å²) in [5.41, 5.74) is 4.91. The Hall–Kier alpha value is -2.64. The number of carbonyl (C=O) groups is 2. The molecule has 7 nitrogen and oxygen atoms in total. The molecule has 1 atom stereocenters. The monoisotopic (exact) mass is 426 g/mol. The van der Waals surface area contributed by atoms with Crippen LogP contribution >= 0.6 is 23.2 Å². The molecular formula is C19H20Cl2N2O5. The third kappa shape index (κ3) is 5.68. The van der Waals surface area contributed by atoms with E-state index >= 15 is 0 Å². The van der Waals surface area contributed by atoms with Crippen LogP contribution in [0.25, 0.3) is 0 Å². The molecule has 0 bridgehead atoms. The quantitative estimate of drug-likeness (QED) is 0.660. The first-order valence-corrected chi connectivity index (χ1v) is 9.14. The van der Waals surface area contributed by atoms with Crippen molar-refractivity contribution in [3.8, 4) is 17.2 Å². The molecule has 0 aromatic heterocycles. The second-order valence-corrected chi connectivity index (χ2v) is 6.42. The number of carbonyl (C=O) groups excluding carboxylic acids is 2. The first kappa shape index (κ1) is 21.7. The second-order valence-electron chi connectivity index (χ2n) is 5.58. The third-order valence-electron chi connectivity index (χ3n) is 3.59. The highest BCUT2D eigenvalue weighted by Gasteiger charge is 2.18. The Labute approximate surface area is 172 Å². The number of ether oxygens (including phenoxy) is 3. The van der Waals surface area contributed by atoms with Gasteiger partial charge in [0.15, 0.2) is 17.6 Å². The summed E-state index contributed by atoms with van der Waals surface area (Å²) < 4.78 is 16.1. The third-order valence-corrected chi connectivity index (χ3v) is 4.12. The minimum absolute atomic E-state index is 0.276. The SMILES string of the molecule is CCOc1ccc(C(=O)NNC(=O)C(C)Oc2ccc(Cl)cc2Cl)cc1OC. The van der Waals surface area contributed by atoms with E-state index in [9.17, 15) is 9.59 Å². The van der Waals surface area contributed by atoms with Crippen molar-refractivity contribution >= 4 is 35.0 Å². The fraction of sp³-hybridized carbons (Fsp3) is 0.263. The minimum Gasteiger partial charge on any atom is -0.493 e. The van der Waals surface area contributed by atoms with Crippen LogP contribution in [0.4, 0.5) is 0 Å². The summed E-state index contributed by atoms with van der Waals surface area (Å²) in [6.45, 7) is 3.83. The number of rotatable bonds is 7. The fourth-order valence-electron chi connectivity index (χ4n) is 2.19. The van der Waals surface area contributed by atoms with Gasteiger partial charge in [0.25, 0.3) is 11.8 Å². The van der Waals surface area contributed by atoms with Gasteiger partial charge in [-0.3, -0.25) is 20.4 Å². The molecule has 0 aliphatic carbocycles. The lowest BCUT2D eigenvalue weighted by molar-refractivity contribution is -0.128. The number of halogens is 2. The molecule has 2 rings (SSSR count). The summed E-state index contributed by atoms with van der Waals surface area (Å²) in [7, 11) is 1.47. The molecule has 0 saturated heterocycles. The van der Waals surface area contributed by atoms with Crippen LogP contribution in [0.5, 0.6) is 17.2 Å². The van der Waals surface area contributed by atoms with Crippen LogP contribution in [-0.2, 0) is 4.79 Å². The van der Waals surface area contributed by atoms with E-state index in [4.69, 9.17) is 37.4 Å². The highest BCUT2D eigenvalue weighted by molar-refractivity contribution is 6.35. The zero-order valence-corrected chi connectivity index (χ0v) is 17.1. The highest BCUT2D eigenvalue weighted by atomic mass is 35.5. The molecule has 1 unspecified atom stereocenters. The lowest BCUT2D eigenvalue weighted by atomic mass is 10.2. The maximum absolute atomic E-state index is 12.3. The molecule has 2 amide bonds. The minimum atomic E-state index is -0.908. The first-order valence-electron chi connectivity index (χ1n) is 8.38. The summed E-state index contributed by atoms with van der Waals surface area (Å²) in [6.07, 6.45) is -0.908. The van der Waals surface area contributed by atoms with E-state index in [1.54, 1.807) is 24.3 Å². The van der Waals surface area contributed by atoms with Gasteiger partial charge in [0.1, 0.15) is 5.75 Å². The Balaban J connectivity index is 1.95. The average molecular weight is 427 g/mol. The van der Waals surface area contributed by atoms with Crippen molar-refractivity contribution in [3.05, 3.63) is 52.0 Å². The fourth-order valence-corrected chi connectivity index (χ4v) is 2.64. The molecule has 0 saturated carbocycles. The van der Waals surface area contributed by atoms with Crippen LogP contribution in [0.1, 0.15) is 24.2 Å². The van der Waals surface area contributed by atoms with Gasteiger partial charge in [-0.25, -0.2) is 0 Å². The van der Waals surface area contributed by atoms with Gasteiger partial charge in [-0.2, -0.15) is 0 Å². The van der Waals surface area contributed by atoms with Crippen LogP contribution < -0.4 is 25.1 Å². The number of amides is 2. The number of benzene rings is 2. The van der Waals surface area contributed by atoms with Crippen molar-refractivity contribution in [2.24, 2.45) is 0 Å². The van der Waals surface area contributed by atoms with Crippen LogP contribution in [0.15, 0.2) is 36.4 Å². The average Bonchev–Trinajstić information content (AvgIpc) is 2.68. The number of hydrogen-bond acceptors (Lipinski definition) is 5. The van der Waals surface area contributed by atoms with Gasteiger partial charge in [-0.05, 0) is 50.2 Å². The van der Waals surface area contributed by atoms with E-state index in [2.05, 4.69) is 10.9 Å². The predicted molar refractivity (Wildman–Crippen MR) is 106 cm³/mol. The Morgan fingerprint density at radius 3 is 2.39 bits per heavy atom. The number of nitrogens with one attached hydrogen (secondary N) is 2. The summed E-state index contributed by atoms with van der Waals surface area (Å²) in [6, 6.07) is 9.34. The maximum atomic E-state index is 12.3. The number of hydrazine groups is 1. The molecule has 0 radical (unpaired) electrons. The van der Waals surface area contributed by atoms with Crippen molar-refractivity contribution in [1.82, 2.24) is 10.9 Å². The summed E-state index contributed by atoms with van der Waals surface area (Å²) in [5, 5.41) is 0.727. The van der Waals surface area contributed by atoms with Crippen LogP contribution in [0.2, 0.25) is 10.0 Å². The summed E-state index contributed by atoms with van der Waals surface area (Å²) in [5.74, 6) is 0.155. The normalized spacial score (nSPS) is 11.3. The molecule has 0 aliphatic heterocycles. The van der Waals surface area contributed by atoms with Crippen LogP contribution in [0.3, 0.4) is 0 Å². The van der Waals surface area contributed by atoms with Crippen molar-refractivity contribution in [1.29, 1.82) is 0 Å². The highest BCUT2D eigenvalue weighted by Crippen LogP contribution is 2.29. The zero-order chi connectivity index (χ0) is 20.7. The van der Waals surface area contributed by atoms with Crippen LogP contribution in [0, 0.1) is 0 Å². The Morgan fingerprint density at radius 2 is 1.75 bits per heavy atom. The number of methoxy groups -OCH3 is 1. The van der Waals surface area contributed by atoms with E-state index in [-0.39, 0.29) is 10.6 Å². The molecule has 150 valence electrons. The Morgan fingerprint density at radius 1 is 1.04 bits per heavy atom. The lowest BCUT2D eigenvalue weighted by Gasteiger charge is -2.16. The summed E-state index contributed by atoms with van der Waals surface area (Å²) in [4.78, 5) is 24.4. The molecule has 28 heavy (non-hydrogen) atoms. The first-order chi connectivity index (χ1) is 13.3. The van der Waals surface area contributed by atoms with E-state index in [0.29, 0.717) is 28.9 Å². The predicted octanol–water partition coefficient (Wildman–Crippen LogP) is 3.63. The van der Waals surface area contributed by atoms with Gasteiger partial charge in [-0.15, -0.1) is 0 Å². The zero-order valence-electron chi connectivity index (χ0n) is 15.5. The molecule has 0 heterocycles. The van der Waals surface area contributed by atoms with Crippen LogP contribution in [-0.4, -0.2) is 31.6 Å². The Bertz CT molecular complexity index is 860. The molecular weight excluding hydrogens is 407 g/mol. The molecule has 2 aromatic rings. The maximum Gasteiger partial charge on any atom is 0.279 e. The Kier molecular flexibility index (Phi) is 7.78. The van der Waals surface area contributed by atoms with E-state index in [1.165, 1.54) is 26.2 Å². The second kappa shape index (κ2) is 10.1. The van der Waals surface area contributed by atoms with E-state index in [1.807, 2.05) is 6.92 Å². The van der Waals surface area contributed by atoms with Crippen molar-refractivity contribution in [2.45, 2.75) is 20.0 Å². The van der Waals surface area contributed by atoms with E-state index in [0.717, 1.165) is 0 Å². The van der Waals surface area contributed by atoms with Gasteiger partial charge in [0.05, 0.1) is 18.7 Å². The van der Waals surface area contributed by atoms with Gasteiger partial charge >= 0.3 is 0 Å². The molecule has 2 aromatic carbocycles. The number of hydrogen-bond donors (Lipinski definition) is 2. The van der Waals surface area contributed by atoms with E-state index < -0.39 is 17.9 Å². The van der Waals surface area contributed by atoms with Gasteiger partial charge < -0.3 is 14.2 Å². The van der Waals surface area contributed by atoms with Crippen molar-refractivity contribution in [2.75, 3.05) is 13.7 Å². The van der Waals surface area contributed by atoms with Gasteiger partial charge in [-0.1, -0.05) is 23.2 Å². The van der Waals surface area contributed by atoms with Crippen molar-refractivity contribution in [3.63, 3.8) is 0 Å². The lowest BCUT2D eigenvalue weighted by Crippen LogP contribution is -2.47. The largest absolute Gasteiger partial charge is 0.493 e. The molecule has 0 spiro atoms.